The Hall–Kier alpha value is -2.83. The zero-order chi connectivity index (χ0) is 25.5. The monoisotopic (exact) mass is 500 g/mol. The first-order valence-electron chi connectivity index (χ1n) is 11.8. The minimum absolute atomic E-state index is 0.169. The zero-order valence-electron chi connectivity index (χ0n) is 20.7. The number of rotatable bonds is 9. The van der Waals surface area contributed by atoms with Gasteiger partial charge >= 0.3 is 11.9 Å². The van der Waals surface area contributed by atoms with E-state index < -0.39 is 30.3 Å². The summed E-state index contributed by atoms with van der Waals surface area (Å²) in [7, 11) is 0. The molecule has 0 amide bonds. The molecule has 0 unspecified atom stereocenters. The second kappa shape index (κ2) is 12.2. The average Bonchev–Trinajstić information content (AvgIpc) is 2.82. The summed E-state index contributed by atoms with van der Waals surface area (Å²) in [4.78, 5) is 24.0. The quantitative estimate of drug-likeness (QED) is 0.318. The summed E-state index contributed by atoms with van der Waals surface area (Å²) >= 11 is 6.75. The van der Waals surface area contributed by atoms with E-state index in [-0.39, 0.29) is 18.6 Å². The van der Waals surface area contributed by atoms with Crippen molar-refractivity contribution in [3.63, 3.8) is 0 Å². The van der Waals surface area contributed by atoms with Crippen LogP contribution >= 0.6 is 11.6 Å². The third-order valence-corrected chi connectivity index (χ3v) is 6.54. The molecule has 2 aromatic rings. The van der Waals surface area contributed by atoms with Crippen molar-refractivity contribution in [3.05, 3.63) is 76.8 Å². The first kappa shape index (κ1) is 26.8. The molecule has 5 atom stereocenters. The van der Waals surface area contributed by atoms with Gasteiger partial charge in [0.05, 0.1) is 11.1 Å². The number of ether oxygens (including phenoxy) is 4. The number of carbonyl (C=O) groups is 2. The summed E-state index contributed by atoms with van der Waals surface area (Å²) in [6, 6.07) is 13.7. The van der Waals surface area contributed by atoms with Crippen molar-refractivity contribution in [3.8, 4) is 5.75 Å². The van der Waals surface area contributed by atoms with Gasteiger partial charge in [0.15, 0.2) is 6.10 Å². The highest BCUT2D eigenvalue weighted by Crippen LogP contribution is 2.42. The van der Waals surface area contributed by atoms with E-state index in [1.54, 1.807) is 12.1 Å². The van der Waals surface area contributed by atoms with Crippen LogP contribution in [0.3, 0.4) is 0 Å². The minimum Gasteiger partial charge on any atom is -0.488 e. The van der Waals surface area contributed by atoms with Crippen LogP contribution in [0.15, 0.2) is 55.1 Å². The van der Waals surface area contributed by atoms with Crippen molar-refractivity contribution >= 4 is 23.5 Å². The highest BCUT2D eigenvalue weighted by Gasteiger charge is 2.48. The topological polar surface area (TPSA) is 71.1 Å². The maximum Gasteiger partial charge on any atom is 0.303 e. The Morgan fingerprint density at radius 2 is 1.74 bits per heavy atom. The highest BCUT2D eigenvalue weighted by atomic mass is 35.5. The fourth-order valence-electron chi connectivity index (χ4n) is 4.54. The van der Waals surface area contributed by atoms with Gasteiger partial charge in [0, 0.05) is 19.8 Å². The van der Waals surface area contributed by atoms with Gasteiger partial charge in [0.1, 0.15) is 24.6 Å². The molecule has 1 fully saturated rings. The molecule has 6 nitrogen and oxygen atoms in total. The van der Waals surface area contributed by atoms with Gasteiger partial charge in [0.2, 0.25) is 0 Å². The smallest absolute Gasteiger partial charge is 0.303 e. The van der Waals surface area contributed by atoms with Gasteiger partial charge in [-0.25, -0.2) is 0 Å². The molecule has 2 aromatic carbocycles. The number of benzene rings is 2. The lowest BCUT2D eigenvalue weighted by atomic mass is 9.84. The highest BCUT2D eigenvalue weighted by molar-refractivity contribution is 6.32. The first-order chi connectivity index (χ1) is 16.7. The van der Waals surface area contributed by atoms with E-state index in [1.807, 2.05) is 50.2 Å². The Labute approximate surface area is 212 Å². The van der Waals surface area contributed by atoms with Crippen molar-refractivity contribution < 1.29 is 28.5 Å². The molecule has 0 bridgehead atoms. The van der Waals surface area contributed by atoms with Gasteiger partial charge in [0.25, 0.3) is 0 Å². The molecule has 1 saturated heterocycles. The maximum absolute atomic E-state index is 12.1. The van der Waals surface area contributed by atoms with Crippen LogP contribution in [0.2, 0.25) is 5.02 Å². The summed E-state index contributed by atoms with van der Waals surface area (Å²) in [5, 5.41) is 0.497. The Kier molecular flexibility index (Phi) is 9.35. The molecular weight excluding hydrogens is 468 g/mol. The van der Waals surface area contributed by atoms with Crippen LogP contribution in [0.5, 0.6) is 5.75 Å². The fourth-order valence-corrected chi connectivity index (χ4v) is 4.77. The molecule has 7 heteroatoms. The van der Waals surface area contributed by atoms with Crippen LogP contribution in [-0.2, 0) is 30.2 Å². The standard InChI is InChI=1S/C28H33ClO6/c1-6-13-32-24-16-22(15-21(25(24)29)14-20-11-9-8-10-12-20)27-28(34-19(5)31)26(33-18(4)30)17(3)23(7-2)35-27/h6,8-12,15-17,23,26-28H,1,7,13-14H2,2-5H3/t17-,23-,26+,27+,28-/m1/s1. The Bertz CT molecular complexity index is 1040. The Morgan fingerprint density at radius 1 is 1.09 bits per heavy atom. The van der Waals surface area contributed by atoms with E-state index in [4.69, 9.17) is 30.5 Å². The van der Waals surface area contributed by atoms with E-state index in [2.05, 4.69) is 6.58 Å². The van der Waals surface area contributed by atoms with Crippen molar-refractivity contribution in [2.24, 2.45) is 5.92 Å². The summed E-state index contributed by atoms with van der Waals surface area (Å²) in [6.45, 7) is 10.6. The molecule has 188 valence electrons. The molecule has 0 N–H and O–H groups in total. The van der Waals surface area contributed by atoms with Gasteiger partial charge in [-0.1, -0.05) is 74.5 Å². The predicted molar refractivity (Wildman–Crippen MR) is 135 cm³/mol. The Morgan fingerprint density at radius 3 is 2.34 bits per heavy atom. The lowest BCUT2D eigenvalue weighted by molar-refractivity contribution is -0.225. The molecule has 0 radical (unpaired) electrons. The van der Waals surface area contributed by atoms with Gasteiger partial charge in [-0.2, -0.15) is 0 Å². The van der Waals surface area contributed by atoms with Crippen molar-refractivity contribution in [2.45, 2.75) is 65.0 Å². The molecule has 1 aliphatic heterocycles. The number of hydrogen-bond acceptors (Lipinski definition) is 6. The molecule has 0 saturated carbocycles. The molecule has 1 aliphatic rings. The lowest BCUT2D eigenvalue weighted by Gasteiger charge is -2.44. The number of carbonyl (C=O) groups excluding carboxylic acids is 2. The Balaban J connectivity index is 2.11. The van der Waals surface area contributed by atoms with Gasteiger partial charge in [-0.15, -0.1) is 0 Å². The second-order valence-electron chi connectivity index (χ2n) is 8.76. The van der Waals surface area contributed by atoms with Gasteiger partial charge < -0.3 is 18.9 Å². The van der Waals surface area contributed by atoms with E-state index in [9.17, 15) is 9.59 Å². The normalized spacial score (nSPS) is 23.9. The third-order valence-electron chi connectivity index (χ3n) is 6.11. The molecule has 0 aliphatic carbocycles. The van der Waals surface area contributed by atoms with Crippen molar-refractivity contribution in [1.82, 2.24) is 0 Å². The zero-order valence-corrected chi connectivity index (χ0v) is 21.4. The maximum atomic E-state index is 12.1. The molecule has 0 spiro atoms. The first-order valence-corrected chi connectivity index (χ1v) is 12.2. The summed E-state index contributed by atoms with van der Waals surface area (Å²) < 4.78 is 23.7. The number of hydrogen-bond donors (Lipinski definition) is 0. The summed E-state index contributed by atoms with van der Waals surface area (Å²) in [6.07, 6.45) is 0.544. The molecule has 3 rings (SSSR count). The predicted octanol–water partition coefficient (Wildman–Crippen LogP) is 5.85. The van der Waals surface area contributed by atoms with Crippen LogP contribution < -0.4 is 4.74 Å². The van der Waals surface area contributed by atoms with E-state index in [0.717, 1.165) is 16.7 Å². The van der Waals surface area contributed by atoms with Crippen molar-refractivity contribution in [2.75, 3.05) is 6.61 Å². The van der Waals surface area contributed by atoms with E-state index in [1.165, 1.54) is 13.8 Å². The fraction of sp³-hybridized carbons (Fsp3) is 0.429. The van der Waals surface area contributed by atoms with Crippen LogP contribution in [0, 0.1) is 5.92 Å². The second-order valence-corrected chi connectivity index (χ2v) is 9.14. The van der Waals surface area contributed by atoms with Gasteiger partial charge in [-0.05, 0) is 35.6 Å². The number of esters is 2. The minimum atomic E-state index is -0.827. The lowest BCUT2D eigenvalue weighted by Crippen LogP contribution is -2.52. The van der Waals surface area contributed by atoms with Crippen LogP contribution in [-0.4, -0.2) is 36.9 Å². The van der Waals surface area contributed by atoms with Crippen LogP contribution in [0.4, 0.5) is 0 Å². The van der Waals surface area contributed by atoms with Crippen LogP contribution in [0.25, 0.3) is 0 Å². The van der Waals surface area contributed by atoms with Crippen LogP contribution in [0.1, 0.15) is 56.9 Å². The molecule has 0 aromatic heterocycles. The van der Waals surface area contributed by atoms with E-state index >= 15 is 0 Å². The van der Waals surface area contributed by atoms with E-state index in [0.29, 0.717) is 23.6 Å². The third kappa shape index (κ3) is 6.65. The summed E-state index contributed by atoms with van der Waals surface area (Å²) in [5.74, 6) is -0.608. The average molecular weight is 501 g/mol. The number of halogens is 1. The summed E-state index contributed by atoms with van der Waals surface area (Å²) in [5.41, 5.74) is 2.66. The molecular formula is C28H33ClO6. The largest absolute Gasteiger partial charge is 0.488 e. The SMILES string of the molecule is C=CCOc1cc([C@@H]2O[C@H](CC)[C@@H](C)[C@H](OC(C)=O)[C@H]2OC(C)=O)cc(Cc2ccccc2)c1Cl. The van der Waals surface area contributed by atoms with Gasteiger partial charge in [-0.3, -0.25) is 9.59 Å². The molecule has 1 heterocycles. The molecule has 35 heavy (non-hydrogen) atoms. The van der Waals surface area contributed by atoms with Crippen molar-refractivity contribution in [1.29, 1.82) is 0 Å².